The minimum Gasteiger partial charge on any atom is -0.399 e. The number of carbonyl (C=O) groups excluding carboxylic acids is 1. The van der Waals surface area contributed by atoms with Crippen LogP contribution in [0.4, 0.5) is 5.69 Å². The predicted molar refractivity (Wildman–Crippen MR) is 48.4 cm³/mol. The lowest BCUT2D eigenvalue weighted by Crippen LogP contribution is -1.83. The van der Waals surface area contributed by atoms with E-state index >= 15 is 0 Å². The van der Waals surface area contributed by atoms with Crippen molar-refractivity contribution in [1.29, 1.82) is 0 Å². The van der Waals surface area contributed by atoms with Crippen LogP contribution in [0.25, 0.3) is 0 Å². The normalized spacial score (nSPS) is 8.33. The maximum Gasteiger partial charge on any atom is 0.131 e. The zero-order chi connectivity index (χ0) is 8.81. The summed E-state index contributed by atoms with van der Waals surface area (Å²) in [6.45, 7) is 0. The van der Waals surface area contributed by atoms with E-state index in [1.165, 1.54) is 0 Å². The molecule has 0 unspecified atom stereocenters. The lowest BCUT2D eigenvalue weighted by molar-refractivity contribution is -0.107. The number of nitrogen functional groups attached to an aromatic ring is 1. The molecule has 2 heteroatoms. The van der Waals surface area contributed by atoms with Gasteiger partial charge < -0.3 is 10.5 Å². The van der Waals surface area contributed by atoms with Crippen LogP contribution in [0.15, 0.2) is 24.3 Å². The molecule has 0 spiro atoms. The highest BCUT2D eigenvalue weighted by molar-refractivity contribution is 5.55. The maximum absolute atomic E-state index is 9.93. The molecule has 12 heavy (non-hydrogen) atoms. The van der Waals surface area contributed by atoms with Crippen LogP contribution in [-0.2, 0) is 4.79 Å². The summed E-state index contributed by atoms with van der Waals surface area (Å²) < 4.78 is 0. The molecule has 60 valence electrons. The van der Waals surface area contributed by atoms with Gasteiger partial charge in [-0.2, -0.15) is 0 Å². The summed E-state index contributed by atoms with van der Waals surface area (Å²) in [6.07, 6.45) is 1.06. The van der Waals surface area contributed by atoms with Crippen molar-refractivity contribution in [2.24, 2.45) is 0 Å². The zero-order valence-electron chi connectivity index (χ0n) is 6.58. The molecule has 0 fully saturated rings. The molecule has 0 atom stereocenters. The quantitative estimate of drug-likeness (QED) is 0.380. The number of hydrogen-bond acceptors (Lipinski definition) is 2. The summed E-state index contributed by atoms with van der Waals surface area (Å²) in [5.41, 5.74) is 7.08. The van der Waals surface area contributed by atoms with Gasteiger partial charge in [-0.05, 0) is 24.3 Å². The fourth-order valence-corrected chi connectivity index (χ4v) is 0.761. The second kappa shape index (κ2) is 4.20. The average Bonchev–Trinajstić information content (AvgIpc) is 2.09. The average molecular weight is 159 g/mol. The molecule has 1 aromatic carbocycles. The Kier molecular flexibility index (Phi) is 2.92. The van der Waals surface area contributed by atoms with Gasteiger partial charge in [0.05, 0.1) is 6.42 Å². The van der Waals surface area contributed by atoms with Gasteiger partial charge in [-0.3, -0.25) is 0 Å². The Morgan fingerprint density at radius 1 is 1.33 bits per heavy atom. The fourth-order valence-electron chi connectivity index (χ4n) is 0.761. The van der Waals surface area contributed by atoms with E-state index in [1.54, 1.807) is 12.1 Å². The Bertz CT molecular complexity index is 316. The first kappa shape index (κ1) is 8.35. The topological polar surface area (TPSA) is 43.1 Å². The Labute approximate surface area is 71.4 Å². The molecule has 0 saturated carbocycles. The van der Waals surface area contributed by atoms with Gasteiger partial charge in [-0.15, -0.1) is 0 Å². The number of aldehydes is 1. The van der Waals surface area contributed by atoms with Crippen molar-refractivity contribution in [2.45, 2.75) is 6.42 Å². The molecule has 0 aliphatic heterocycles. The Morgan fingerprint density at radius 2 is 2.00 bits per heavy atom. The summed E-state index contributed by atoms with van der Waals surface area (Å²) >= 11 is 0. The number of benzene rings is 1. The number of anilines is 1. The van der Waals surface area contributed by atoms with Crippen LogP contribution >= 0.6 is 0 Å². The van der Waals surface area contributed by atoms with Gasteiger partial charge in [0.1, 0.15) is 6.29 Å². The first-order valence-electron chi connectivity index (χ1n) is 3.61. The van der Waals surface area contributed by atoms with Gasteiger partial charge in [0.25, 0.3) is 0 Å². The van der Waals surface area contributed by atoms with Crippen LogP contribution in [0.5, 0.6) is 0 Å². The molecule has 1 aromatic rings. The van der Waals surface area contributed by atoms with E-state index in [0.717, 1.165) is 17.5 Å². The van der Waals surface area contributed by atoms with Gasteiger partial charge in [0.2, 0.25) is 0 Å². The molecular formula is C10H9NO. The lowest BCUT2D eigenvalue weighted by atomic mass is 10.2. The summed E-state index contributed by atoms with van der Waals surface area (Å²) in [4.78, 5) is 9.93. The van der Waals surface area contributed by atoms with Crippen LogP contribution in [-0.4, -0.2) is 6.29 Å². The van der Waals surface area contributed by atoms with Crippen molar-refractivity contribution in [3.8, 4) is 11.8 Å². The Morgan fingerprint density at radius 3 is 2.58 bits per heavy atom. The van der Waals surface area contributed by atoms with Crippen LogP contribution in [0, 0.1) is 11.8 Å². The van der Waals surface area contributed by atoms with Crippen molar-refractivity contribution >= 4 is 12.0 Å². The largest absolute Gasteiger partial charge is 0.399 e. The zero-order valence-corrected chi connectivity index (χ0v) is 6.58. The van der Waals surface area contributed by atoms with E-state index in [-0.39, 0.29) is 6.42 Å². The van der Waals surface area contributed by atoms with E-state index in [1.807, 2.05) is 12.1 Å². The molecule has 2 nitrogen and oxygen atoms in total. The molecule has 0 bridgehead atoms. The van der Waals surface area contributed by atoms with E-state index in [9.17, 15) is 4.79 Å². The highest BCUT2D eigenvalue weighted by Gasteiger charge is 1.84. The molecule has 0 aliphatic rings. The van der Waals surface area contributed by atoms with Crippen LogP contribution in [0.2, 0.25) is 0 Å². The van der Waals surface area contributed by atoms with E-state index < -0.39 is 0 Å². The minimum absolute atomic E-state index is 0.282. The van der Waals surface area contributed by atoms with Gasteiger partial charge in [0.15, 0.2) is 0 Å². The van der Waals surface area contributed by atoms with Crippen molar-refractivity contribution in [2.75, 3.05) is 5.73 Å². The van der Waals surface area contributed by atoms with Crippen molar-refractivity contribution < 1.29 is 4.79 Å². The van der Waals surface area contributed by atoms with Gasteiger partial charge in [-0.1, -0.05) is 11.8 Å². The third-order valence-electron chi connectivity index (χ3n) is 1.33. The molecule has 1 rings (SSSR count). The standard InChI is InChI=1S/C10H9NO/c11-10-6-4-9(5-7-10)3-1-2-8-12/h4-8H,2,11H2. The molecule has 2 N–H and O–H groups in total. The second-order valence-electron chi connectivity index (χ2n) is 2.29. The first-order valence-corrected chi connectivity index (χ1v) is 3.61. The highest BCUT2D eigenvalue weighted by atomic mass is 16.1. The second-order valence-corrected chi connectivity index (χ2v) is 2.29. The van der Waals surface area contributed by atoms with E-state index in [2.05, 4.69) is 11.8 Å². The van der Waals surface area contributed by atoms with Gasteiger partial charge in [-0.25, -0.2) is 0 Å². The summed E-state index contributed by atoms with van der Waals surface area (Å²) in [7, 11) is 0. The third kappa shape index (κ3) is 2.47. The van der Waals surface area contributed by atoms with Crippen LogP contribution < -0.4 is 5.73 Å². The third-order valence-corrected chi connectivity index (χ3v) is 1.33. The summed E-state index contributed by atoms with van der Waals surface area (Å²) in [5.74, 6) is 5.55. The van der Waals surface area contributed by atoms with E-state index in [0.29, 0.717) is 0 Å². The number of carbonyl (C=O) groups is 1. The molecule has 0 aliphatic carbocycles. The highest BCUT2D eigenvalue weighted by Crippen LogP contribution is 2.03. The van der Waals surface area contributed by atoms with Gasteiger partial charge >= 0.3 is 0 Å². The molecule has 0 heterocycles. The van der Waals surface area contributed by atoms with Crippen molar-refractivity contribution in [3.63, 3.8) is 0 Å². The van der Waals surface area contributed by atoms with Crippen molar-refractivity contribution in [3.05, 3.63) is 29.8 Å². The summed E-state index contributed by atoms with van der Waals surface area (Å²) in [5, 5.41) is 0. The summed E-state index contributed by atoms with van der Waals surface area (Å²) in [6, 6.07) is 7.22. The molecule has 0 amide bonds. The minimum atomic E-state index is 0.282. The smallest absolute Gasteiger partial charge is 0.131 e. The molecular weight excluding hydrogens is 150 g/mol. The Balaban J connectivity index is 2.72. The number of nitrogens with two attached hydrogens (primary N) is 1. The predicted octanol–water partition coefficient (Wildman–Crippen LogP) is 1.21. The van der Waals surface area contributed by atoms with Gasteiger partial charge in [0, 0.05) is 11.3 Å². The number of hydrogen-bond donors (Lipinski definition) is 1. The monoisotopic (exact) mass is 159 g/mol. The Hall–Kier alpha value is -1.75. The first-order chi connectivity index (χ1) is 5.83. The lowest BCUT2D eigenvalue weighted by Gasteiger charge is -1.90. The van der Waals surface area contributed by atoms with Crippen LogP contribution in [0.1, 0.15) is 12.0 Å². The van der Waals surface area contributed by atoms with E-state index in [4.69, 9.17) is 5.73 Å². The molecule has 0 radical (unpaired) electrons. The maximum atomic E-state index is 9.93. The van der Waals surface area contributed by atoms with Crippen LogP contribution in [0.3, 0.4) is 0 Å². The molecule has 0 saturated heterocycles. The number of rotatable bonds is 1. The van der Waals surface area contributed by atoms with Crippen molar-refractivity contribution in [1.82, 2.24) is 0 Å². The molecule has 0 aromatic heterocycles. The fraction of sp³-hybridized carbons (Fsp3) is 0.100. The SMILES string of the molecule is Nc1ccc(C#CCC=O)cc1.